The molecule has 0 saturated carbocycles. The van der Waals surface area contributed by atoms with E-state index in [2.05, 4.69) is 59.1 Å². The second kappa shape index (κ2) is 14.0. The smallest absolute Gasteiger partial charge is 0.251 e. The van der Waals surface area contributed by atoms with E-state index in [1.165, 1.54) is 5.56 Å². The van der Waals surface area contributed by atoms with Gasteiger partial charge < -0.3 is 16.0 Å². The molecule has 5 nitrogen and oxygen atoms in total. The summed E-state index contributed by atoms with van der Waals surface area (Å²) < 4.78 is 0. The van der Waals surface area contributed by atoms with Crippen molar-refractivity contribution in [1.29, 1.82) is 0 Å². The Morgan fingerprint density at radius 2 is 1.54 bits per heavy atom. The molecular formula is C22H31IN4O. The number of carbonyl (C=O) groups is 1. The number of aliphatic imine (C=N–C) groups is 1. The van der Waals surface area contributed by atoms with Crippen molar-refractivity contribution in [2.45, 2.75) is 26.2 Å². The van der Waals surface area contributed by atoms with Crippen molar-refractivity contribution in [2.24, 2.45) is 4.99 Å². The number of amides is 1. The lowest BCUT2D eigenvalue weighted by Crippen LogP contribution is -2.39. The fourth-order valence-corrected chi connectivity index (χ4v) is 2.65. The lowest BCUT2D eigenvalue weighted by atomic mass is 10.0. The molecule has 0 aliphatic carbocycles. The lowest BCUT2D eigenvalue weighted by Gasteiger charge is -2.14. The van der Waals surface area contributed by atoms with Gasteiger partial charge in [0.25, 0.3) is 5.91 Å². The van der Waals surface area contributed by atoms with Crippen LogP contribution in [0.4, 0.5) is 0 Å². The van der Waals surface area contributed by atoms with E-state index < -0.39 is 0 Å². The van der Waals surface area contributed by atoms with E-state index in [1.54, 1.807) is 0 Å². The van der Waals surface area contributed by atoms with E-state index in [0.29, 0.717) is 18.0 Å². The zero-order chi connectivity index (χ0) is 19.3. The van der Waals surface area contributed by atoms with Crippen LogP contribution in [0.3, 0.4) is 0 Å². The number of nitrogens with one attached hydrogen (secondary N) is 3. The van der Waals surface area contributed by atoms with Gasteiger partial charge in [0.15, 0.2) is 5.96 Å². The summed E-state index contributed by atoms with van der Waals surface area (Å²) >= 11 is 0. The first-order valence-corrected chi connectivity index (χ1v) is 9.61. The third-order valence-electron chi connectivity index (χ3n) is 4.20. The van der Waals surface area contributed by atoms with Crippen LogP contribution in [0.15, 0.2) is 65.7 Å². The fourth-order valence-electron chi connectivity index (χ4n) is 2.65. The number of halogens is 1. The Hall–Kier alpha value is -2.09. The molecule has 2 rings (SSSR count). The monoisotopic (exact) mass is 494 g/mol. The van der Waals surface area contributed by atoms with Crippen LogP contribution in [0, 0.1) is 0 Å². The third kappa shape index (κ3) is 8.73. The minimum atomic E-state index is -0.0344. The maximum atomic E-state index is 12.0. The largest absolute Gasteiger partial charge is 0.357 e. The SMILES string of the molecule is CCNC(=NCC(C)c1ccccc1)NCCCNC(=O)c1ccccc1.I. The van der Waals surface area contributed by atoms with Crippen LogP contribution in [0.25, 0.3) is 0 Å². The molecule has 0 bridgehead atoms. The normalized spacial score (nSPS) is 11.9. The summed E-state index contributed by atoms with van der Waals surface area (Å²) in [5.41, 5.74) is 1.98. The van der Waals surface area contributed by atoms with Gasteiger partial charge in [0.1, 0.15) is 0 Å². The molecule has 0 heterocycles. The van der Waals surface area contributed by atoms with Crippen molar-refractivity contribution >= 4 is 35.8 Å². The van der Waals surface area contributed by atoms with E-state index in [-0.39, 0.29) is 29.9 Å². The highest BCUT2D eigenvalue weighted by atomic mass is 127. The summed E-state index contributed by atoms with van der Waals surface area (Å²) in [5.74, 6) is 1.15. The van der Waals surface area contributed by atoms with Crippen molar-refractivity contribution in [1.82, 2.24) is 16.0 Å². The average molecular weight is 494 g/mol. The molecule has 0 saturated heterocycles. The van der Waals surface area contributed by atoms with E-state index >= 15 is 0 Å². The summed E-state index contributed by atoms with van der Waals surface area (Å²) in [5, 5.41) is 9.53. The van der Waals surface area contributed by atoms with Crippen LogP contribution >= 0.6 is 24.0 Å². The molecule has 0 aliphatic rings. The molecule has 6 heteroatoms. The van der Waals surface area contributed by atoms with Crippen LogP contribution in [0.1, 0.15) is 42.1 Å². The second-order valence-corrected chi connectivity index (χ2v) is 6.43. The van der Waals surface area contributed by atoms with Crippen molar-refractivity contribution in [3.8, 4) is 0 Å². The Morgan fingerprint density at radius 1 is 0.929 bits per heavy atom. The van der Waals surface area contributed by atoms with Gasteiger partial charge in [0.2, 0.25) is 0 Å². The maximum absolute atomic E-state index is 12.0. The molecule has 1 amide bonds. The quantitative estimate of drug-likeness (QED) is 0.215. The summed E-state index contributed by atoms with van der Waals surface area (Å²) in [6.07, 6.45) is 0.831. The molecule has 2 aromatic rings. The first-order valence-electron chi connectivity index (χ1n) is 9.61. The lowest BCUT2D eigenvalue weighted by molar-refractivity contribution is 0.0953. The Labute approximate surface area is 185 Å². The zero-order valence-electron chi connectivity index (χ0n) is 16.7. The number of rotatable bonds is 9. The minimum absolute atomic E-state index is 0. The van der Waals surface area contributed by atoms with Crippen molar-refractivity contribution < 1.29 is 4.79 Å². The number of hydrogen-bond donors (Lipinski definition) is 3. The number of carbonyl (C=O) groups excluding carboxylic acids is 1. The van der Waals surface area contributed by atoms with Crippen molar-refractivity contribution in [2.75, 3.05) is 26.2 Å². The van der Waals surface area contributed by atoms with Crippen LogP contribution < -0.4 is 16.0 Å². The first kappa shape index (κ1) is 23.9. The van der Waals surface area contributed by atoms with Gasteiger partial charge in [-0.2, -0.15) is 0 Å². The van der Waals surface area contributed by atoms with E-state index in [9.17, 15) is 4.79 Å². The van der Waals surface area contributed by atoms with Gasteiger partial charge in [0, 0.05) is 37.7 Å². The van der Waals surface area contributed by atoms with Crippen molar-refractivity contribution in [3.05, 3.63) is 71.8 Å². The minimum Gasteiger partial charge on any atom is -0.357 e. The van der Waals surface area contributed by atoms with Gasteiger partial charge in [0.05, 0.1) is 0 Å². The Balaban J connectivity index is 0.00000392. The van der Waals surface area contributed by atoms with Gasteiger partial charge in [-0.25, -0.2) is 0 Å². The third-order valence-corrected chi connectivity index (χ3v) is 4.20. The number of nitrogens with zero attached hydrogens (tertiary/aromatic N) is 1. The first-order chi connectivity index (χ1) is 13.2. The Morgan fingerprint density at radius 3 is 2.18 bits per heavy atom. The summed E-state index contributed by atoms with van der Waals surface area (Å²) in [6.45, 7) is 7.15. The van der Waals surface area contributed by atoms with Crippen LogP contribution in [0.2, 0.25) is 0 Å². The number of guanidine groups is 1. The summed E-state index contributed by atoms with van der Waals surface area (Å²) in [4.78, 5) is 16.7. The molecule has 0 spiro atoms. The average Bonchev–Trinajstić information content (AvgIpc) is 2.72. The molecule has 2 aromatic carbocycles. The number of benzene rings is 2. The Bertz CT molecular complexity index is 707. The predicted molar refractivity (Wildman–Crippen MR) is 128 cm³/mol. The molecule has 0 fully saturated rings. The standard InChI is InChI=1S/C22H30N4O.HI/c1-3-23-22(26-17-18(2)19-11-6-4-7-12-19)25-16-10-15-24-21(27)20-13-8-5-9-14-20;/h4-9,11-14,18H,3,10,15-17H2,1-2H3,(H,24,27)(H2,23,25,26);1H. The molecule has 0 aromatic heterocycles. The molecule has 0 aliphatic heterocycles. The molecule has 1 atom stereocenters. The molecular weight excluding hydrogens is 463 g/mol. The van der Waals surface area contributed by atoms with E-state index in [0.717, 1.165) is 32.0 Å². The highest BCUT2D eigenvalue weighted by molar-refractivity contribution is 14.0. The predicted octanol–water partition coefficient (Wildman–Crippen LogP) is 3.78. The van der Waals surface area contributed by atoms with Gasteiger partial charge in [-0.15, -0.1) is 24.0 Å². The Kier molecular flexibility index (Phi) is 12.0. The van der Waals surface area contributed by atoms with Crippen molar-refractivity contribution in [3.63, 3.8) is 0 Å². The summed E-state index contributed by atoms with van der Waals surface area (Å²) in [6, 6.07) is 19.7. The second-order valence-electron chi connectivity index (χ2n) is 6.43. The molecule has 3 N–H and O–H groups in total. The zero-order valence-corrected chi connectivity index (χ0v) is 19.0. The van der Waals surface area contributed by atoms with Crippen LogP contribution in [-0.2, 0) is 0 Å². The van der Waals surface area contributed by atoms with Crippen LogP contribution in [-0.4, -0.2) is 38.0 Å². The molecule has 152 valence electrons. The number of hydrogen-bond acceptors (Lipinski definition) is 2. The van der Waals surface area contributed by atoms with E-state index in [4.69, 9.17) is 0 Å². The molecule has 1 unspecified atom stereocenters. The topological polar surface area (TPSA) is 65.5 Å². The highest BCUT2D eigenvalue weighted by Gasteiger charge is 2.05. The molecule has 0 radical (unpaired) electrons. The van der Waals surface area contributed by atoms with Gasteiger partial charge in [-0.05, 0) is 31.0 Å². The maximum Gasteiger partial charge on any atom is 0.251 e. The fraction of sp³-hybridized carbons (Fsp3) is 0.364. The van der Waals surface area contributed by atoms with Gasteiger partial charge in [-0.3, -0.25) is 9.79 Å². The van der Waals surface area contributed by atoms with Gasteiger partial charge >= 0.3 is 0 Å². The van der Waals surface area contributed by atoms with Crippen LogP contribution in [0.5, 0.6) is 0 Å². The molecule has 28 heavy (non-hydrogen) atoms. The summed E-state index contributed by atoms with van der Waals surface area (Å²) in [7, 11) is 0. The van der Waals surface area contributed by atoms with E-state index in [1.807, 2.05) is 36.4 Å². The van der Waals surface area contributed by atoms with Gasteiger partial charge in [-0.1, -0.05) is 55.5 Å². The highest BCUT2D eigenvalue weighted by Crippen LogP contribution is 2.14.